The average Bonchev–Trinajstić information content (AvgIpc) is 3.13. The number of ether oxygens (including phenoxy) is 1. The number of rotatable bonds is 3. The molecule has 2 aliphatic rings. The molecule has 6 nitrogen and oxygen atoms in total. The molecular formula is C19H17FN2O4S2. The molecule has 9 heteroatoms. The Bertz CT molecular complexity index is 1040. The highest BCUT2D eigenvalue weighted by molar-refractivity contribution is 8.16. The summed E-state index contributed by atoms with van der Waals surface area (Å²) >= 11 is 1.28. The summed E-state index contributed by atoms with van der Waals surface area (Å²) in [4.78, 5) is 18.6. The summed E-state index contributed by atoms with van der Waals surface area (Å²) in [5, 5.41) is 0.217. The first-order chi connectivity index (χ1) is 13.4. The van der Waals surface area contributed by atoms with Crippen molar-refractivity contribution in [3.63, 3.8) is 0 Å². The van der Waals surface area contributed by atoms with Crippen molar-refractivity contribution in [3.8, 4) is 5.75 Å². The molecule has 2 aromatic rings. The molecule has 2 aliphatic heterocycles. The molecule has 2 heterocycles. The SMILES string of the molecule is COc1ccc(C(=O)N=C2S[C@@H]3CS(=O)(=O)C[C@H]3N2c2ccc(F)cc2)cc1. The van der Waals surface area contributed by atoms with E-state index < -0.39 is 15.7 Å². The molecular weight excluding hydrogens is 403 g/mol. The number of benzene rings is 2. The predicted molar refractivity (Wildman–Crippen MR) is 107 cm³/mol. The van der Waals surface area contributed by atoms with Gasteiger partial charge in [0.2, 0.25) is 0 Å². The molecule has 1 amide bonds. The van der Waals surface area contributed by atoms with Crippen molar-refractivity contribution >= 4 is 38.4 Å². The van der Waals surface area contributed by atoms with Gasteiger partial charge in [0.25, 0.3) is 5.91 Å². The van der Waals surface area contributed by atoms with Crippen LogP contribution in [0.1, 0.15) is 10.4 Å². The smallest absolute Gasteiger partial charge is 0.279 e. The van der Waals surface area contributed by atoms with Crippen molar-refractivity contribution in [2.75, 3.05) is 23.5 Å². The second kappa shape index (κ2) is 7.21. The third kappa shape index (κ3) is 3.64. The largest absolute Gasteiger partial charge is 0.497 e. The van der Waals surface area contributed by atoms with E-state index in [9.17, 15) is 17.6 Å². The first-order valence-corrected chi connectivity index (χ1v) is 11.3. The minimum atomic E-state index is -3.16. The van der Waals surface area contributed by atoms with Crippen LogP contribution in [0.5, 0.6) is 5.75 Å². The molecule has 2 saturated heterocycles. The van der Waals surface area contributed by atoms with Crippen molar-refractivity contribution in [2.45, 2.75) is 11.3 Å². The van der Waals surface area contributed by atoms with E-state index in [-0.39, 0.29) is 28.6 Å². The first-order valence-electron chi connectivity index (χ1n) is 8.55. The van der Waals surface area contributed by atoms with Crippen LogP contribution in [0, 0.1) is 5.82 Å². The Morgan fingerprint density at radius 3 is 2.46 bits per heavy atom. The van der Waals surface area contributed by atoms with Crippen LogP contribution >= 0.6 is 11.8 Å². The van der Waals surface area contributed by atoms with Gasteiger partial charge in [-0.25, -0.2) is 12.8 Å². The molecule has 0 bridgehead atoms. The number of anilines is 1. The number of fused-ring (bicyclic) bond motifs is 1. The number of halogens is 1. The maximum absolute atomic E-state index is 13.3. The molecule has 0 N–H and O–H groups in total. The lowest BCUT2D eigenvalue weighted by Gasteiger charge is -2.24. The number of methoxy groups -OCH3 is 1. The summed E-state index contributed by atoms with van der Waals surface area (Å²) < 4.78 is 42.6. The second-order valence-corrected chi connectivity index (χ2v) is 9.94. The second-order valence-electron chi connectivity index (χ2n) is 6.58. The van der Waals surface area contributed by atoms with Gasteiger partial charge in [-0.05, 0) is 48.5 Å². The van der Waals surface area contributed by atoms with E-state index >= 15 is 0 Å². The van der Waals surface area contributed by atoms with Crippen LogP contribution in [0.2, 0.25) is 0 Å². The van der Waals surface area contributed by atoms with Crippen molar-refractivity contribution in [2.24, 2.45) is 4.99 Å². The molecule has 0 radical (unpaired) electrons. The molecule has 28 heavy (non-hydrogen) atoms. The molecule has 4 rings (SSSR count). The van der Waals surface area contributed by atoms with E-state index in [4.69, 9.17) is 4.74 Å². The standard InChI is InChI=1S/C19H17FN2O4S2/c1-26-15-8-2-12(3-9-15)18(23)21-19-22(14-6-4-13(20)5-7-14)16-10-28(24,25)11-17(16)27-19/h2-9,16-17H,10-11H2,1H3/t16-,17-/m1/s1. The van der Waals surface area contributed by atoms with Crippen LogP contribution in [0.4, 0.5) is 10.1 Å². The van der Waals surface area contributed by atoms with Crippen LogP contribution in [0.3, 0.4) is 0 Å². The van der Waals surface area contributed by atoms with Gasteiger partial charge < -0.3 is 9.64 Å². The summed E-state index contributed by atoms with van der Waals surface area (Å²) in [6.07, 6.45) is 0. The number of carbonyl (C=O) groups excluding carboxylic acids is 1. The number of hydrogen-bond donors (Lipinski definition) is 0. The lowest BCUT2D eigenvalue weighted by molar-refractivity contribution is 0.100. The zero-order chi connectivity index (χ0) is 19.9. The van der Waals surface area contributed by atoms with Crippen LogP contribution in [0.25, 0.3) is 0 Å². The summed E-state index contributed by atoms with van der Waals surface area (Å²) in [6.45, 7) is 0. The Morgan fingerprint density at radius 2 is 1.82 bits per heavy atom. The lowest BCUT2D eigenvalue weighted by atomic mass is 10.2. The number of carbonyl (C=O) groups is 1. The number of hydrogen-bond acceptors (Lipinski definition) is 5. The topological polar surface area (TPSA) is 76.0 Å². The molecule has 2 aromatic carbocycles. The Balaban J connectivity index is 1.68. The van der Waals surface area contributed by atoms with Gasteiger partial charge in [-0.3, -0.25) is 4.79 Å². The number of nitrogens with zero attached hydrogens (tertiary/aromatic N) is 2. The third-order valence-corrected chi connectivity index (χ3v) is 7.92. The van der Waals surface area contributed by atoms with Crippen LogP contribution in [0.15, 0.2) is 53.5 Å². The quantitative estimate of drug-likeness (QED) is 0.760. The number of sulfone groups is 1. The normalized spacial score (nSPS) is 24.4. The van der Waals surface area contributed by atoms with Gasteiger partial charge in [-0.1, -0.05) is 11.8 Å². The Morgan fingerprint density at radius 1 is 1.14 bits per heavy atom. The minimum Gasteiger partial charge on any atom is -0.497 e. The van der Waals surface area contributed by atoms with Gasteiger partial charge in [0.05, 0.1) is 24.7 Å². The van der Waals surface area contributed by atoms with E-state index in [1.807, 2.05) is 0 Å². The number of aliphatic imine (C=N–C) groups is 1. The van der Waals surface area contributed by atoms with Crippen LogP contribution in [-0.4, -0.2) is 49.4 Å². The van der Waals surface area contributed by atoms with Crippen molar-refractivity contribution in [3.05, 3.63) is 59.9 Å². The van der Waals surface area contributed by atoms with Gasteiger partial charge >= 0.3 is 0 Å². The van der Waals surface area contributed by atoms with Crippen LogP contribution in [-0.2, 0) is 9.84 Å². The first kappa shape index (κ1) is 18.9. The number of thioether (sulfide) groups is 1. The molecule has 0 saturated carbocycles. The maximum atomic E-state index is 13.3. The van der Waals surface area contributed by atoms with Gasteiger partial charge in [-0.2, -0.15) is 4.99 Å². The van der Waals surface area contributed by atoms with Crippen molar-refractivity contribution < 1.29 is 22.3 Å². The fraction of sp³-hybridized carbons (Fsp3) is 0.263. The molecule has 2 fully saturated rings. The van der Waals surface area contributed by atoms with Gasteiger partial charge in [0.15, 0.2) is 15.0 Å². The van der Waals surface area contributed by atoms with Gasteiger partial charge in [-0.15, -0.1) is 0 Å². The highest BCUT2D eigenvalue weighted by atomic mass is 32.2. The monoisotopic (exact) mass is 420 g/mol. The highest BCUT2D eigenvalue weighted by Gasteiger charge is 2.49. The molecule has 0 aliphatic carbocycles. The Kier molecular flexibility index (Phi) is 4.88. The Hall–Kier alpha value is -2.39. The summed E-state index contributed by atoms with van der Waals surface area (Å²) in [5.41, 5.74) is 1.01. The summed E-state index contributed by atoms with van der Waals surface area (Å²) in [6, 6.07) is 12.0. The fourth-order valence-electron chi connectivity index (χ4n) is 3.35. The molecule has 0 aromatic heterocycles. The summed E-state index contributed by atoms with van der Waals surface area (Å²) in [5.74, 6) is -0.167. The van der Waals surface area contributed by atoms with E-state index in [0.717, 1.165) is 0 Å². The van der Waals surface area contributed by atoms with Gasteiger partial charge in [0, 0.05) is 16.5 Å². The van der Waals surface area contributed by atoms with E-state index in [2.05, 4.69) is 4.99 Å². The molecule has 146 valence electrons. The lowest BCUT2D eigenvalue weighted by Crippen LogP contribution is -2.37. The third-order valence-electron chi connectivity index (χ3n) is 4.71. The number of amidine groups is 1. The Labute approximate surface area is 166 Å². The van der Waals surface area contributed by atoms with Crippen LogP contribution < -0.4 is 9.64 Å². The highest BCUT2D eigenvalue weighted by Crippen LogP contribution is 2.41. The summed E-state index contributed by atoms with van der Waals surface area (Å²) in [7, 11) is -1.62. The number of amides is 1. The molecule has 0 spiro atoms. The maximum Gasteiger partial charge on any atom is 0.279 e. The van der Waals surface area contributed by atoms with Crippen molar-refractivity contribution in [1.29, 1.82) is 0 Å². The minimum absolute atomic E-state index is 0.0161. The molecule has 0 unspecified atom stereocenters. The fourth-order valence-corrected chi connectivity index (χ4v) is 7.27. The average molecular weight is 420 g/mol. The van der Waals surface area contributed by atoms with E-state index in [1.54, 1.807) is 48.4 Å². The zero-order valence-corrected chi connectivity index (χ0v) is 16.5. The van der Waals surface area contributed by atoms with E-state index in [1.165, 1.54) is 23.9 Å². The van der Waals surface area contributed by atoms with Gasteiger partial charge in [0.1, 0.15) is 11.6 Å². The zero-order valence-electron chi connectivity index (χ0n) is 14.9. The predicted octanol–water partition coefficient (Wildman–Crippen LogP) is 2.75. The molecule has 2 atom stereocenters. The van der Waals surface area contributed by atoms with Crippen molar-refractivity contribution in [1.82, 2.24) is 0 Å². The van der Waals surface area contributed by atoms with E-state index in [0.29, 0.717) is 22.2 Å².